The summed E-state index contributed by atoms with van der Waals surface area (Å²) in [5, 5.41) is 11.9. The van der Waals surface area contributed by atoms with Crippen LogP contribution in [0.5, 0.6) is 0 Å². The maximum absolute atomic E-state index is 12.3. The molecular formula is C12H22N2O3. The molecule has 1 fully saturated rings. The van der Waals surface area contributed by atoms with Gasteiger partial charge in [-0.05, 0) is 18.8 Å². The summed E-state index contributed by atoms with van der Waals surface area (Å²) >= 11 is 0. The van der Waals surface area contributed by atoms with Crippen molar-refractivity contribution in [2.75, 3.05) is 13.2 Å². The van der Waals surface area contributed by atoms with Crippen molar-refractivity contribution < 1.29 is 14.7 Å². The standard InChI is InChI=1S/C12H22N2O3/c1-8(2)11(13-9(3)16)12(17)14-6-4-5-10(14)7-15/h8,10-11,15H,4-7H2,1-3H3,(H,13,16)/t10-,11?/m1/s1. The van der Waals surface area contributed by atoms with E-state index in [2.05, 4.69) is 5.32 Å². The van der Waals surface area contributed by atoms with Gasteiger partial charge in [-0.25, -0.2) is 0 Å². The number of rotatable bonds is 4. The molecule has 2 atom stereocenters. The predicted molar refractivity (Wildman–Crippen MR) is 64.3 cm³/mol. The highest BCUT2D eigenvalue weighted by Crippen LogP contribution is 2.19. The summed E-state index contributed by atoms with van der Waals surface area (Å²) in [5.74, 6) is -0.227. The molecule has 98 valence electrons. The summed E-state index contributed by atoms with van der Waals surface area (Å²) in [6.07, 6.45) is 1.76. The van der Waals surface area contributed by atoms with Crippen LogP contribution >= 0.6 is 0 Å². The van der Waals surface area contributed by atoms with Crippen LogP contribution in [-0.2, 0) is 9.59 Å². The fourth-order valence-corrected chi connectivity index (χ4v) is 2.23. The first-order valence-corrected chi connectivity index (χ1v) is 6.15. The Balaban J connectivity index is 2.73. The minimum absolute atomic E-state index is 0.00335. The molecule has 1 unspecified atom stereocenters. The maximum atomic E-state index is 12.3. The van der Waals surface area contributed by atoms with Gasteiger partial charge in [-0.3, -0.25) is 9.59 Å². The van der Waals surface area contributed by atoms with E-state index in [1.165, 1.54) is 6.92 Å². The fourth-order valence-electron chi connectivity index (χ4n) is 2.23. The highest BCUT2D eigenvalue weighted by molar-refractivity contribution is 5.87. The number of carbonyl (C=O) groups excluding carboxylic acids is 2. The third-order valence-corrected chi connectivity index (χ3v) is 3.16. The predicted octanol–water partition coefficient (Wildman–Crippen LogP) is 0.130. The minimum Gasteiger partial charge on any atom is -0.394 e. The third-order valence-electron chi connectivity index (χ3n) is 3.16. The van der Waals surface area contributed by atoms with Gasteiger partial charge < -0.3 is 15.3 Å². The molecule has 1 aliphatic rings. The van der Waals surface area contributed by atoms with Crippen molar-refractivity contribution in [3.63, 3.8) is 0 Å². The van der Waals surface area contributed by atoms with Gasteiger partial charge in [-0.2, -0.15) is 0 Å². The van der Waals surface area contributed by atoms with Crippen molar-refractivity contribution in [2.45, 2.75) is 45.7 Å². The number of hydrogen-bond acceptors (Lipinski definition) is 3. The van der Waals surface area contributed by atoms with Gasteiger partial charge in [0.1, 0.15) is 6.04 Å². The molecule has 5 nitrogen and oxygen atoms in total. The number of hydrogen-bond donors (Lipinski definition) is 2. The number of likely N-dealkylation sites (tertiary alicyclic amines) is 1. The molecule has 17 heavy (non-hydrogen) atoms. The Labute approximate surface area is 102 Å². The second-order valence-electron chi connectivity index (χ2n) is 4.93. The Morgan fingerprint density at radius 3 is 2.59 bits per heavy atom. The van der Waals surface area contributed by atoms with Crippen molar-refractivity contribution >= 4 is 11.8 Å². The van der Waals surface area contributed by atoms with E-state index >= 15 is 0 Å². The summed E-state index contributed by atoms with van der Waals surface area (Å²) < 4.78 is 0. The highest BCUT2D eigenvalue weighted by atomic mass is 16.3. The van der Waals surface area contributed by atoms with E-state index in [1.807, 2.05) is 13.8 Å². The minimum atomic E-state index is -0.486. The van der Waals surface area contributed by atoms with E-state index in [4.69, 9.17) is 0 Å². The van der Waals surface area contributed by atoms with Crippen molar-refractivity contribution in [1.82, 2.24) is 10.2 Å². The molecule has 1 saturated heterocycles. The van der Waals surface area contributed by atoms with Crippen LogP contribution in [0.25, 0.3) is 0 Å². The van der Waals surface area contributed by atoms with Crippen molar-refractivity contribution in [1.29, 1.82) is 0 Å². The van der Waals surface area contributed by atoms with Crippen LogP contribution in [0.4, 0.5) is 0 Å². The number of nitrogens with one attached hydrogen (secondary N) is 1. The lowest BCUT2D eigenvalue weighted by Gasteiger charge is -2.30. The van der Waals surface area contributed by atoms with E-state index < -0.39 is 6.04 Å². The number of aliphatic hydroxyl groups is 1. The molecule has 1 rings (SSSR count). The van der Waals surface area contributed by atoms with Crippen molar-refractivity contribution in [3.8, 4) is 0 Å². The van der Waals surface area contributed by atoms with Gasteiger partial charge in [0.15, 0.2) is 0 Å². The molecule has 0 spiro atoms. The zero-order valence-corrected chi connectivity index (χ0v) is 10.8. The summed E-state index contributed by atoms with van der Waals surface area (Å²) in [6, 6.07) is -0.572. The zero-order chi connectivity index (χ0) is 13.0. The topological polar surface area (TPSA) is 69.6 Å². The molecule has 1 heterocycles. The Morgan fingerprint density at radius 2 is 2.12 bits per heavy atom. The fraction of sp³-hybridized carbons (Fsp3) is 0.833. The maximum Gasteiger partial charge on any atom is 0.245 e. The van der Waals surface area contributed by atoms with Crippen LogP contribution < -0.4 is 5.32 Å². The SMILES string of the molecule is CC(=O)NC(C(=O)N1CCC[C@@H]1CO)C(C)C. The Bertz CT molecular complexity index is 291. The van der Waals surface area contributed by atoms with Crippen LogP contribution in [0.15, 0.2) is 0 Å². The average Bonchev–Trinajstić information content (AvgIpc) is 2.72. The molecule has 0 radical (unpaired) electrons. The van der Waals surface area contributed by atoms with E-state index in [1.54, 1.807) is 4.90 Å². The summed E-state index contributed by atoms with van der Waals surface area (Å²) in [4.78, 5) is 25.1. The second-order valence-corrected chi connectivity index (χ2v) is 4.93. The van der Waals surface area contributed by atoms with Crippen LogP contribution in [0.2, 0.25) is 0 Å². The molecule has 0 aromatic carbocycles. The Kier molecular flexibility index (Phi) is 4.93. The molecule has 0 aromatic rings. The van der Waals surface area contributed by atoms with Crippen molar-refractivity contribution in [3.05, 3.63) is 0 Å². The largest absolute Gasteiger partial charge is 0.394 e. The molecule has 2 amide bonds. The highest BCUT2D eigenvalue weighted by Gasteiger charge is 2.34. The van der Waals surface area contributed by atoms with E-state index in [-0.39, 0.29) is 30.4 Å². The van der Waals surface area contributed by atoms with Crippen molar-refractivity contribution in [2.24, 2.45) is 5.92 Å². The lowest BCUT2D eigenvalue weighted by atomic mass is 10.0. The quantitative estimate of drug-likeness (QED) is 0.736. The molecule has 1 aliphatic heterocycles. The molecule has 0 saturated carbocycles. The summed E-state index contributed by atoms with van der Waals surface area (Å²) in [6.45, 7) is 5.89. The molecule has 0 bridgehead atoms. The first kappa shape index (κ1) is 14.0. The van der Waals surface area contributed by atoms with Gasteiger partial charge in [-0.15, -0.1) is 0 Å². The third kappa shape index (κ3) is 3.43. The number of amides is 2. The van der Waals surface area contributed by atoms with Crippen LogP contribution in [0.1, 0.15) is 33.6 Å². The number of aliphatic hydroxyl groups excluding tert-OH is 1. The Morgan fingerprint density at radius 1 is 1.47 bits per heavy atom. The normalized spacial score (nSPS) is 21.7. The van der Waals surface area contributed by atoms with Gasteiger partial charge in [0, 0.05) is 13.5 Å². The average molecular weight is 242 g/mol. The second kappa shape index (κ2) is 6.00. The van der Waals surface area contributed by atoms with E-state index in [0.29, 0.717) is 6.54 Å². The molecule has 2 N–H and O–H groups in total. The molecule has 5 heteroatoms. The van der Waals surface area contributed by atoms with E-state index in [9.17, 15) is 14.7 Å². The number of nitrogens with zero attached hydrogens (tertiary/aromatic N) is 1. The van der Waals surface area contributed by atoms with Gasteiger partial charge in [0.2, 0.25) is 11.8 Å². The van der Waals surface area contributed by atoms with Crippen LogP contribution in [0.3, 0.4) is 0 Å². The monoisotopic (exact) mass is 242 g/mol. The molecule has 0 aromatic heterocycles. The molecular weight excluding hydrogens is 220 g/mol. The summed E-state index contributed by atoms with van der Waals surface area (Å²) in [7, 11) is 0. The van der Waals surface area contributed by atoms with Gasteiger partial charge >= 0.3 is 0 Å². The zero-order valence-electron chi connectivity index (χ0n) is 10.8. The van der Waals surface area contributed by atoms with Gasteiger partial charge in [-0.1, -0.05) is 13.8 Å². The first-order chi connectivity index (χ1) is 7.97. The van der Waals surface area contributed by atoms with Crippen LogP contribution in [0, 0.1) is 5.92 Å². The summed E-state index contributed by atoms with van der Waals surface area (Å²) in [5.41, 5.74) is 0. The first-order valence-electron chi connectivity index (χ1n) is 6.15. The number of carbonyl (C=O) groups is 2. The van der Waals surface area contributed by atoms with Crippen LogP contribution in [-0.4, -0.2) is 47.1 Å². The van der Waals surface area contributed by atoms with Gasteiger partial charge in [0.25, 0.3) is 0 Å². The van der Waals surface area contributed by atoms with Gasteiger partial charge in [0.05, 0.1) is 12.6 Å². The lowest BCUT2D eigenvalue weighted by Crippen LogP contribution is -2.52. The Hall–Kier alpha value is -1.10. The smallest absolute Gasteiger partial charge is 0.245 e. The lowest BCUT2D eigenvalue weighted by molar-refractivity contribution is -0.138. The van der Waals surface area contributed by atoms with E-state index in [0.717, 1.165) is 12.8 Å². The molecule has 0 aliphatic carbocycles.